The lowest BCUT2D eigenvalue weighted by Gasteiger charge is -2.47. The third-order valence-electron chi connectivity index (χ3n) is 2.29. The molecule has 1 heterocycles. The van der Waals surface area contributed by atoms with Crippen LogP contribution in [0.3, 0.4) is 0 Å². The SMILES string of the molecule is COC1(CI)CN(C(=O)OC(C)(C)C)C1. The molecule has 1 fully saturated rings. The first kappa shape index (κ1) is 13.0. The van der Waals surface area contributed by atoms with Crippen molar-refractivity contribution < 1.29 is 14.3 Å². The van der Waals surface area contributed by atoms with Crippen LogP contribution in [0.2, 0.25) is 0 Å². The van der Waals surface area contributed by atoms with Crippen molar-refractivity contribution in [3.63, 3.8) is 0 Å². The van der Waals surface area contributed by atoms with Crippen molar-refractivity contribution in [2.45, 2.75) is 32.0 Å². The number of methoxy groups -OCH3 is 1. The molecule has 0 radical (unpaired) electrons. The van der Waals surface area contributed by atoms with Crippen molar-refractivity contribution in [3.05, 3.63) is 0 Å². The molecule has 0 bridgehead atoms. The Morgan fingerprint density at radius 1 is 1.47 bits per heavy atom. The molecule has 0 aromatic heterocycles. The predicted molar refractivity (Wildman–Crippen MR) is 66.4 cm³/mol. The monoisotopic (exact) mass is 327 g/mol. The number of rotatable bonds is 2. The minimum Gasteiger partial charge on any atom is -0.444 e. The first-order valence-electron chi connectivity index (χ1n) is 4.91. The van der Waals surface area contributed by atoms with E-state index >= 15 is 0 Å². The summed E-state index contributed by atoms with van der Waals surface area (Å²) in [4.78, 5) is 13.3. The fourth-order valence-electron chi connectivity index (χ4n) is 1.37. The largest absolute Gasteiger partial charge is 0.444 e. The molecular formula is C10H18INO3. The van der Waals surface area contributed by atoms with E-state index in [4.69, 9.17) is 9.47 Å². The Labute approximate surface area is 104 Å². The lowest BCUT2D eigenvalue weighted by molar-refractivity contribution is -0.104. The molecule has 0 aromatic carbocycles. The maximum atomic E-state index is 11.6. The summed E-state index contributed by atoms with van der Waals surface area (Å²) in [5, 5.41) is 0. The molecule has 0 aliphatic carbocycles. The van der Waals surface area contributed by atoms with Crippen LogP contribution in [0.1, 0.15) is 20.8 Å². The Morgan fingerprint density at radius 2 is 2.00 bits per heavy atom. The highest BCUT2D eigenvalue weighted by Gasteiger charge is 2.46. The van der Waals surface area contributed by atoms with E-state index < -0.39 is 5.60 Å². The third kappa shape index (κ3) is 3.21. The van der Waals surface area contributed by atoms with Gasteiger partial charge in [-0.1, -0.05) is 22.6 Å². The molecule has 0 N–H and O–H groups in total. The molecule has 1 aliphatic heterocycles. The molecule has 0 unspecified atom stereocenters. The van der Waals surface area contributed by atoms with E-state index in [9.17, 15) is 4.79 Å². The summed E-state index contributed by atoms with van der Waals surface area (Å²) in [6.07, 6.45) is -0.250. The number of hydrogen-bond acceptors (Lipinski definition) is 3. The number of carbonyl (C=O) groups excluding carboxylic acids is 1. The van der Waals surface area contributed by atoms with Crippen LogP contribution in [0.5, 0.6) is 0 Å². The van der Waals surface area contributed by atoms with Crippen molar-refractivity contribution in [1.82, 2.24) is 4.90 Å². The Hall–Kier alpha value is -0.0400. The summed E-state index contributed by atoms with van der Waals surface area (Å²) >= 11 is 2.28. The minimum absolute atomic E-state index is 0.155. The van der Waals surface area contributed by atoms with Crippen LogP contribution in [0.15, 0.2) is 0 Å². The van der Waals surface area contributed by atoms with E-state index in [0.29, 0.717) is 13.1 Å². The Kier molecular flexibility index (Phi) is 3.86. The molecule has 4 nitrogen and oxygen atoms in total. The van der Waals surface area contributed by atoms with E-state index in [-0.39, 0.29) is 11.7 Å². The van der Waals surface area contributed by atoms with Gasteiger partial charge in [0.25, 0.3) is 0 Å². The predicted octanol–water partition coefficient (Wildman–Crippen LogP) is 2.06. The number of nitrogens with zero attached hydrogens (tertiary/aromatic N) is 1. The Morgan fingerprint density at radius 3 is 2.33 bits per heavy atom. The molecule has 1 saturated heterocycles. The smallest absolute Gasteiger partial charge is 0.410 e. The van der Waals surface area contributed by atoms with Crippen molar-refractivity contribution >= 4 is 28.7 Å². The van der Waals surface area contributed by atoms with E-state index in [1.54, 1.807) is 12.0 Å². The third-order valence-corrected chi connectivity index (χ3v) is 3.68. The fourth-order valence-corrected chi connectivity index (χ4v) is 2.17. The molecule has 15 heavy (non-hydrogen) atoms. The molecule has 1 aliphatic rings. The van der Waals surface area contributed by atoms with Gasteiger partial charge in [0.2, 0.25) is 0 Å². The topological polar surface area (TPSA) is 38.8 Å². The summed E-state index contributed by atoms with van der Waals surface area (Å²) in [5.74, 6) is 0. The van der Waals surface area contributed by atoms with Crippen LogP contribution in [0, 0.1) is 0 Å². The standard InChI is InChI=1S/C10H18INO3/c1-9(2,3)15-8(13)12-6-10(5-11,7-12)14-4/h5-7H2,1-4H3. The first-order valence-corrected chi connectivity index (χ1v) is 6.43. The zero-order chi connectivity index (χ0) is 11.7. The fraction of sp³-hybridized carbons (Fsp3) is 0.900. The van der Waals surface area contributed by atoms with Gasteiger partial charge in [-0.15, -0.1) is 0 Å². The Bertz CT molecular complexity index is 238. The lowest BCUT2D eigenvalue weighted by atomic mass is 9.97. The van der Waals surface area contributed by atoms with E-state index in [0.717, 1.165) is 4.43 Å². The molecule has 0 atom stereocenters. The number of hydrogen-bond donors (Lipinski definition) is 0. The molecule has 0 spiro atoms. The van der Waals surface area contributed by atoms with E-state index in [1.807, 2.05) is 20.8 Å². The second kappa shape index (κ2) is 4.45. The van der Waals surface area contributed by atoms with Gasteiger partial charge in [0, 0.05) is 11.5 Å². The van der Waals surface area contributed by atoms with E-state index in [1.165, 1.54) is 0 Å². The number of amides is 1. The summed E-state index contributed by atoms with van der Waals surface area (Å²) < 4.78 is 11.5. The highest BCUT2D eigenvalue weighted by molar-refractivity contribution is 14.1. The lowest BCUT2D eigenvalue weighted by Crippen LogP contribution is -2.65. The maximum absolute atomic E-state index is 11.6. The van der Waals surface area contributed by atoms with Crippen LogP contribution in [-0.2, 0) is 9.47 Å². The molecular weight excluding hydrogens is 309 g/mol. The van der Waals surface area contributed by atoms with Crippen molar-refractivity contribution in [2.24, 2.45) is 0 Å². The van der Waals surface area contributed by atoms with Crippen LogP contribution >= 0.6 is 22.6 Å². The quantitative estimate of drug-likeness (QED) is 0.576. The number of likely N-dealkylation sites (tertiary alicyclic amines) is 1. The highest BCUT2D eigenvalue weighted by atomic mass is 127. The van der Waals surface area contributed by atoms with Gasteiger partial charge in [-0.2, -0.15) is 0 Å². The van der Waals surface area contributed by atoms with Gasteiger partial charge in [-0.3, -0.25) is 0 Å². The zero-order valence-corrected chi connectivity index (χ0v) is 11.8. The van der Waals surface area contributed by atoms with Gasteiger partial charge in [-0.25, -0.2) is 4.79 Å². The molecule has 1 rings (SSSR count). The van der Waals surface area contributed by atoms with Gasteiger partial charge in [-0.05, 0) is 20.8 Å². The van der Waals surface area contributed by atoms with Gasteiger partial charge in [0.1, 0.15) is 11.2 Å². The molecule has 0 aromatic rings. The second-order valence-electron chi connectivity index (χ2n) is 4.86. The zero-order valence-electron chi connectivity index (χ0n) is 9.67. The van der Waals surface area contributed by atoms with Crippen molar-refractivity contribution in [3.8, 4) is 0 Å². The second-order valence-corrected chi connectivity index (χ2v) is 5.62. The number of ether oxygens (including phenoxy) is 2. The summed E-state index contributed by atoms with van der Waals surface area (Å²) in [7, 11) is 1.69. The van der Waals surface area contributed by atoms with Crippen LogP contribution in [-0.4, -0.2) is 46.8 Å². The Balaban J connectivity index is 2.42. The van der Waals surface area contributed by atoms with Crippen LogP contribution < -0.4 is 0 Å². The van der Waals surface area contributed by atoms with Gasteiger partial charge < -0.3 is 14.4 Å². The number of halogens is 1. The first-order chi connectivity index (χ1) is 6.82. The molecule has 5 heteroatoms. The highest BCUT2D eigenvalue weighted by Crippen LogP contribution is 2.28. The van der Waals surface area contributed by atoms with Gasteiger partial charge in [0.05, 0.1) is 13.1 Å². The number of alkyl halides is 1. The normalized spacial score (nSPS) is 19.7. The maximum Gasteiger partial charge on any atom is 0.410 e. The molecule has 88 valence electrons. The van der Waals surface area contributed by atoms with Crippen LogP contribution in [0.4, 0.5) is 4.79 Å². The number of carbonyl (C=O) groups is 1. The summed E-state index contributed by atoms with van der Waals surface area (Å²) in [6.45, 7) is 6.86. The molecule has 0 saturated carbocycles. The average molecular weight is 327 g/mol. The van der Waals surface area contributed by atoms with Gasteiger partial charge >= 0.3 is 6.09 Å². The summed E-state index contributed by atoms with van der Waals surface area (Å²) in [6, 6.07) is 0. The molecule has 1 amide bonds. The van der Waals surface area contributed by atoms with Crippen LogP contribution in [0.25, 0.3) is 0 Å². The summed E-state index contributed by atoms with van der Waals surface area (Å²) in [5.41, 5.74) is -0.579. The van der Waals surface area contributed by atoms with Crippen molar-refractivity contribution in [2.75, 3.05) is 24.6 Å². The minimum atomic E-state index is -0.424. The average Bonchev–Trinajstić information content (AvgIpc) is 2.00. The van der Waals surface area contributed by atoms with Gasteiger partial charge in [0.15, 0.2) is 0 Å². The van der Waals surface area contributed by atoms with E-state index in [2.05, 4.69) is 22.6 Å². The van der Waals surface area contributed by atoms with Crippen molar-refractivity contribution in [1.29, 1.82) is 0 Å².